The number of nitrogens with zero attached hydrogens (tertiary/aromatic N) is 2. The first kappa shape index (κ1) is 18.1. The topological polar surface area (TPSA) is 120 Å². The summed E-state index contributed by atoms with van der Waals surface area (Å²) in [5.74, 6) is -1.11. The van der Waals surface area contributed by atoms with Crippen molar-refractivity contribution >= 4 is 11.0 Å². The zero-order valence-electron chi connectivity index (χ0n) is 13.1. The van der Waals surface area contributed by atoms with Crippen LogP contribution in [0.4, 0.5) is 13.2 Å². The highest BCUT2D eigenvalue weighted by molar-refractivity contribution is 5.75. The number of aliphatic hydroxyl groups excluding tert-OH is 2. The summed E-state index contributed by atoms with van der Waals surface area (Å²) in [6.07, 6.45) is -8.18. The molecular weight excluding hydrogens is 341 g/mol. The van der Waals surface area contributed by atoms with Crippen LogP contribution in [-0.4, -0.2) is 50.2 Å². The molecule has 0 saturated heterocycles. The molecule has 1 heterocycles. The molecule has 6 N–H and O–H groups in total. The number of aliphatic hydroxyl groups is 2. The Labute approximate surface area is 141 Å². The number of rotatable bonds is 3. The van der Waals surface area contributed by atoms with E-state index in [9.17, 15) is 23.4 Å². The Balaban J connectivity index is 1.88. The smallest absolute Gasteiger partial charge is 0.389 e. The van der Waals surface area contributed by atoms with Crippen molar-refractivity contribution in [1.29, 1.82) is 0 Å². The predicted molar refractivity (Wildman–Crippen MR) is 82.2 cm³/mol. The van der Waals surface area contributed by atoms with E-state index in [0.717, 1.165) is 4.57 Å². The molecule has 7 nitrogen and oxygen atoms in total. The number of aromatic nitrogens is 2. The van der Waals surface area contributed by atoms with E-state index in [1.807, 2.05) is 0 Å². The Morgan fingerprint density at radius 1 is 1.16 bits per heavy atom. The molecule has 1 aliphatic carbocycles. The SMILES string of the molecule is N[C@@H]1C[C@H](N)[C@@H](O)[C@H](O)[C@H]1OCn1c(C(F)(F)F)nc2ccccc21. The maximum absolute atomic E-state index is 13.2. The van der Waals surface area contributed by atoms with Gasteiger partial charge in [0.15, 0.2) is 0 Å². The van der Waals surface area contributed by atoms with E-state index in [4.69, 9.17) is 16.2 Å². The van der Waals surface area contributed by atoms with Gasteiger partial charge in [-0.05, 0) is 18.6 Å². The van der Waals surface area contributed by atoms with Crippen LogP contribution in [0.3, 0.4) is 0 Å². The number of benzene rings is 1. The van der Waals surface area contributed by atoms with Gasteiger partial charge in [-0.15, -0.1) is 0 Å². The molecular formula is C15H19F3N4O3. The summed E-state index contributed by atoms with van der Waals surface area (Å²) in [6, 6.07) is 4.69. The lowest BCUT2D eigenvalue weighted by Gasteiger charge is -2.39. The number of hydrogen-bond acceptors (Lipinski definition) is 6. The molecule has 0 spiro atoms. The minimum absolute atomic E-state index is 0.175. The average molecular weight is 360 g/mol. The van der Waals surface area contributed by atoms with Gasteiger partial charge in [0.1, 0.15) is 18.9 Å². The molecule has 0 bridgehead atoms. The van der Waals surface area contributed by atoms with Crippen LogP contribution in [0.5, 0.6) is 0 Å². The molecule has 0 aliphatic heterocycles. The van der Waals surface area contributed by atoms with Crippen LogP contribution in [0.25, 0.3) is 11.0 Å². The molecule has 1 aliphatic rings. The molecule has 2 aromatic rings. The Hall–Kier alpha value is -1.72. The van der Waals surface area contributed by atoms with Crippen LogP contribution >= 0.6 is 0 Å². The molecule has 3 rings (SSSR count). The number of hydrogen-bond donors (Lipinski definition) is 4. The number of para-hydroxylation sites is 2. The Morgan fingerprint density at radius 3 is 2.52 bits per heavy atom. The van der Waals surface area contributed by atoms with E-state index in [1.54, 1.807) is 12.1 Å². The molecule has 5 atom stereocenters. The largest absolute Gasteiger partial charge is 0.449 e. The second-order valence-electron chi connectivity index (χ2n) is 6.15. The minimum atomic E-state index is -4.67. The number of alkyl halides is 3. The summed E-state index contributed by atoms with van der Waals surface area (Å²) < 4.78 is 46.1. The van der Waals surface area contributed by atoms with Crippen molar-refractivity contribution < 1.29 is 28.1 Å². The monoisotopic (exact) mass is 360 g/mol. The number of imidazole rings is 1. The molecule has 25 heavy (non-hydrogen) atoms. The fraction of sp³-hybridized carbons (Fsp3) is 0.533. The third-order valence-corrected chi connectivity index (χ3v) is 4.40. The summed E-state index contributed by atoms with van der Waals surface area (Å²) in [5, 5.41) is 19.9. The van der Waals surface area contributed by atoms with Crippen molar-refractivity contribution in [2.45, 2.75) is 49.7 Å². The Bertz CT molecular complexity index is 751. The number of nitrogens with two attached hydrogens (primary N) is 2. The fourth-order valence-corrected chi connectivity index (χ4v) is 3.09. The summed E-state index contributed by atoms with van der Waals surface area (Å²) in [7, 11) is 0. The molecule has 10 heteroatoms. The van der Waals surface area contributed by atoms with Crippen LogP contribution in [0, 0.1) is 0 Å². The van der Waals surface area contributed by atoms with Gasteiger partial charge >= 0.3 is 6.18 Å². The molecule has 1 saturated carbocycles. The summed E-state index contributed by atoms with van der Waals surface area (Å²) in [6.45, 7) is -0.521. The standard InChI is InChI=1S/C15H19F3N4O3/c16-15(17,18)14-21-9-3-1-2-4-10(9)22(14)6-25-13-8(20)5-7(19)11(23)12(13)24/h1-4,7-8,11-13,23-24H,5-6,19-20H2/t7-,8+,11+,12-,13-/m0/s1. The second-order valence-corrected chi connectivity index (χ2v) is 6.15. The summed E-state index contributed by atoms with van der Waals surface area (Å²) in [4.78, 5) is 3.61. The van der Waals surface area contributed by atoms with Crippen LogP contribution < -0.4 is 11.5 Å². The van der Waals surface area contributed by atoms with Crippen LogP contribution in [0.1, 0.15) is 12.2 Å². The molecule has 0 amide bonds. The van der Waals surface area contributed by atoms with E-state index in [2.05, 4.69) is 4.98 Å². The van der Waals surface area contributed by atoms with Crippen molar-refractivity contribution in [3.63, 3.8) is 0 Å². The summed E-state index contributed by atoms with van der Waals surface area (Å²) in [5.41, 5.74) is 11.9. The van der Waals surface area contributed by atoms with E-state index in [0.29, 0.717) is 0 Å². The normalized spacial score (nSPS) is 30.8. The van der Waals surface area contributed by atoms with Gasteiger partial charge in [0.2, 0.25) is 5.82 Å². The van der Waals surface area contributed by atoms with Gasteiger partial charge in [0.05, 0.1) is 17.1 Å². The molecule has 138 valence electrons. The maximum Gasteiger partial charge on any atom is 0.449 e. The van der Waals surface area contributed by atoms with E-state index < -0.39 is 49.1 Å². The van der Waals surface area contributed by atoms with Crippen molar-refractivity contribution in [3.05, 3.63) is 30.1 Å². The zero-order valence-corrected chi connectivity index (χ0v) is 13.1. The van der Waals surface area contributed by atoms with Crippen molar-refractivity contribution in [2.75, 3.05) is 0 Å². The Morgan fingerprint density at radius 2 is 1.84 bits per heavy atom. The highest BCUT2D eigenvalue weighted by Crippen LogP contribution is 2.32. The molecule has 1 aromatic carbocycles. The first-order valence-electron chi connectivity index (χ1n) is 7.71. The highest BCUT2D eigenvalue weighted by Gasteiger charge is 2.42. The van der Waals surface area contributed by atoms with Gasteiger partial charge in [0.25, 0.3) is 0 Å². The molecule has 1 fully saturated rings. The van der Waals surface area contributed by atoms with E-state index in [-0.39, 0.29) is 17.5 Å². The molecule has 1 aromatic heterocycles. The van der Waals surface area contributed by atoms with Crippen molar-refractivity contribution in [2.24, 2.45) is 11.5 Å². The van der Waals surface area contributed by atoms with Crippen molar-refractivity contribution in [3.8, 4) is 0 Å². The maximum atomic E-state index is 13.2. The van der Waals surface area contributed by atoms with Gasteiger partial charge in [0, 0.05) is 12.1 Å². The lowest BCUT2D eigenvalue weighted by molar-refractivity contribution is -0.160. The molecule has 0 unspecified atom stereocenters. The van der Waals surface area contributed by atoms with E-state index in [1.165, 1.54) is 12.1 Å². The second kappa shape index (κ2) is 6.54. The van der Waals surface area contributed by atoms with Gasteiger partial charge in [-0.2, -0.15) is 13.2 Å². The predicted octanol–water partition coefficient (Wildman–Crippen LogP) is 0.178. The van der Waals surface area contributed by atoms with Gasteiger partial charge in [-0.1, -0.05) is 12.1 Å². The zero-order chi connectivity index (χ0) is 18.4. The average Bonchev–Trinajstić information content (AvgIpc) is 2.92. The first-order valence-corrected chi connectivity index (χ1v) is 7.71. The number of ether oxygens (including phenoxy) is 1. The minimum Gasteiger partial charge on any atom is -0.389 e. The van der Waals surface area contributed by atoms with E-state index >= 15 is 0 Å². The fourth-order valence-electron chi connectivity index (χ4n) is 3.09. The van der Waals surface area contributed by atoms with Crippen molar-refractivity contribution in [1.82, 2.24) is 9.55 Å². The lowest BCUT2D eigenvalue weighted by Crippen LogP contribution is -2.62. The Kier molecular flexibility index (Phi) is 4.73. The van der Waals surface area contributed by atoms with Gasteiger partial charge in [-0.25, -0.2) is 4.98 Å². The quantitative estimate of drug-likeness (QED) is 0.620. The number of fused-ring (bicyclic) bond motifs is 1. The van der Waals surface area contributed by atoms with Gasteiger partial charge < -0.3 is 26.4 Å². The van der Waals surface area contributed by atoms with Gasteiger partial charge in [-0.3, -0.25) is 4.57 Å². The number of halogens is 3. The third kappa shape index (κ3) is 3.35. The molecule has 0 radical (unpaired) electrons. The van der Waals surface area contributed by atoms with Crippen LogP contribution in [0.2, 0.25) is 0 Å². The first-order chi connectivity index (χ1) is 11.7. The third-order valence-electron chi connectivity index (χ3n) is 4.40. The van der Waals surface area contributed by atoms with Crippen LogP contribution in [-0.2, 0) is 17.6 Å². The summed E-state index contributed by atoms with van der Waals surface area (Å²) >= 11 is 0. The lowest BCUT2D eigenvalue weighted by atomic mass is 9.85. The van der Waals surface area contributed by atoms with Crippen LogP contribution in [0.15, 0.2) is 24.3 Å². The highest BCUT2D eigenvalue weighted by atomic mass is 19.4.